The monoisotopic (exact) mass is 310 g/mol. The van der Waals surface area contributed by atoms with Crippen LogP contribution in [0.25, 0.3) is 0 Å². The number of nitrogens with one attached hydrogen (secondary N) is 1. The molecule has 1 aromatic rings. The van der Waals surface area contributed by atoms with Crippen molar-refractivity contribution in [3.8, 4) is 6.07 Å². The first kappa shape index (κ1) is 16.7. The molecule has 1 amide bonds. The summed E-state index contributed by atoms with van der Waals surface area (Å²) in [6.45, 7) is 1.10. The minimum absolute atomic E-state index is 0.215. The lowest BCUT2D eigenvalue weighted by Crippen LogP contribution is -2.44. The van der Waals surface area contributed by atoms with Gasteiger partial charge in [0, 0.05) is 6.92 Å². The van der Waals surface area contributed by atoms with Crippen LogP contribution in [-0.2, 0) is 25.2 Å². The summed E-state index contributed by atoms with van der Waals surface area (Å²) in [4.78, 5) is 21.8. The molecule has 8 heteroatoms. The summed E-state index contributed by atoms with van der Waals surface area (Å²) in [6.07, 6.45) is 0. The number of carbonyl (C=O) groups excluding carboxylic acids is 1. The fraction of sp³-hybridized carbons (Fsp3) is 0.308. The first-order valence-corrected chi connectivity index (χ1v) is 7.75. The second-order valence-corrected chi connectivity index (χ2v) is 6.52. The van der Waals surface area contributed by atoms with Gasteiger partial charge in [0.05, 0.1) is 23.1 Å². The maximum atomic E-state index is 12.0. The van der Waals surface area contributed by atoms with E-state index >= 15 is 0 Å². The van der Waals surface area contributed by atoms with Crippen molar-refractivity contribution in [1.82, 2.24) is 5.32 Å². The average molecular weight is 310 g/mol. The van der Waals surface area contributed by atoms with Gasteiger partial charge in [-0.2, -0.15) is 5.26 Å². The van der Waals surface area contributed by atoms with Gasteiger partial charge in [0.15, 0.2) is 9.84 Å². The molecule has 0 spiro atoms. The van der Waals surface area contributed by atoms with E-state index in [2.05, 4.69) is 5.32 Å². The number of benzene rings is 1. The van der Waals surface area contributed by atoms with Crippen LogP contribution in [0.2, 0.25) is 0 Å². The number of nitrogens with zero attached hydrogens (tertiary/aromatic N) is 1. The Labute approximate surface area is 122 Å². The fourth-order valence-corrected chi connectivity index (χ4v) is 3.30. The van der Waals surface area contributed by atoms with Gasteiger partial charge in [-0.1, -0.05) is 18.2 Å². The highest BCUT2D eigenvalue weighted by molar-refractivity contribution is 7.90. The number of nitriles is 1. The normalized spacial score (nSPS) is 12.2. The minimum Gasteiger partial charge on any atom is -0.480 e. The molecular weight excluding hydrogens is 296 g/mol. The van der Waals surface area contributed by atoms with Crippen molar-refractivity contribution in [2.75, 3.05) is 5.75 Å². The van der Waals surface area contributed by atoms with E-state index in [9.17, 15) is 18.0 Å². The van der Waals surface area contributed by atoms with E-state index in [1.165, 1.54) is 12.1 Å². The summed E-state index contributed by atoms with van der Waals surface area (Å²) in [5.74, 6) is -3.25. The number of sulfone groups is 1. The van der Waals surface area contributed by atoms with Crippen molar-refractivity contribution in [2.24, 2.45) is 0 Å². The van der Waals surface area contributed by atoms with E-state index in [-0.39, 0.29) is 5.56 Å². The molecular formula is C13H14N2O5S. The van der Waals surface area contributed by atoms with E-state index in [1.807, 2.05) is 6.07 Å². The van der Waals surface area contributed by atoms with Crippen LogP contribution >= 0.6 is 0 Å². The molecule has 112 valence electrons. The molecule has 1 aromatic carbocycles. The summed E-state index contributed by atoms with van der Waals surface area (Å²) < 4.78 is 24.1. The maximum Gasteiger partial charge on any atom is 0.327 e. The zero-order valence-electron chi connectivity index (χ0n) is 11.2. The molecule has 1 unspecified atom stereocenters. The highest BCUT2D eigenvalue weighted by Gasteiger charge is 2.26. The van der Waals surface area contributed by atoms with E-state index in [1.54, 1.807) is 12.1 Å². The summed E-state index contributed by atoms with van der Waals surface area (Å²) in [5.41, 5.74) is 0.513. The van der Waals surface area contributed by atoms with Crippen molar-refractivity contribution < 1.29 is 23.1 Å². The van der Waals surface area contributed by atoms with Crippen LogP contribution < -0.4 is 5.32 Å². The molecule has 7 nitrogen and oxygen atoms in total. The van der Waals surface area contributed by atoms with Gasteiger partial charge in [-0.15, -0.1) is 0 Å². The lowest BCUT2D eigenvalue weighted by atomic mass is 10.1. The molecule has 0 fully saturated rings. The molecule has 0 aliphatic heterocycles. The number of aliphatic carboxylic acids is 1. The number of carboxylic acids is 1. The average Bonchev–Trinajstić information content (AvgIpc) is 2.37. The Kier molecular flexibility index (Phi) is 5.44. The molecule has 0 aromatic heterocycles. The van der Waals surface area contributed by atoms with Gasteiger partial charge in [-0.3, -0.25) is 4.79 Å². The standard InChI is InChI=1S/C13H14N2O5S/c1-9(16)15-12(13(17)18)8-21(19,20)7-11-5-3-2-4-10(11)6-14/h2-5,12H,7-8H2,1H3,(H,15,16)(H,17,18). The largest absolute Gasteiger partial charge is 0.480 e. The van der Waals surface area contributed by atoms with Crippen molar-refractivity contribution in [1.29, 1.82) is 5.26 Å². The topological polar surface area (TPSA) is 124 Å². The van der Waals surface area contributed by atoms with Crippen LogP contribution in [0.4, 0.5) is 0 Å². The van der Waals surface area contributed by atoms with Gasteiger partial charge in [0.2, 0.25) is 5.91 Å². The summed E-state index contributed by atoms with van der Waals surface area (Å²) in [6, 6.07) is 6.53. The Morgan fingerprint density at radius 1 is 1.38 bits per heavy atom. The smallest absolute Gasteiger partial charge is 0.327 e. The third-order valence-corrected chi connectivity index (χ3v) is 4.20. The Bertz CT molecular complexity index is 691. The third-order valence-electron chi connectivity index (χ3n) is 2.61. The quantitative estimate of drug-likeness (QED) is 0.765. The molecule has 1 atom stereocenters. The van der Waals surface area contributed by atoms with E-state index < -0.39 is 39.3 Å². The number of rotatable bonds is 6. The Morgan fingerprint density at radius 2 is 2.00 bits per heavy atom. The molecule has 0 aliphatic rings. The molecule has 0 saturated heterocycles. The minimum atomic E-state index is -3.80. The van der Waals surface area contributed by atoms with Crippen LogP contribution in [0, 0.1) is 11.3 Å². The number of carboxylic acid groups (broad SMARTS) is 1. The zero-order valence-corrected chi connectivity index (χ0v) is 12.1. The summed E-state index contributed by atoms with van der Waals surface area (Å²) in [5, 5.41) is 19.9. The van der Waals surface area contributed by atoms with Gasteiger partial charge < -0.3 is 10.4 Å². The number of amides is 1. The first-order valence-electron chi connectivity index (χ1n) is 5.93. The predicted octanol–water partition coefficient (Wildman–Crippen LogP) is 0.0624. The van der Waals surface area contributed by atoms with Crippen molar-refractivity contribution >= 4 is 21.7 Å². The van der Waals surface area contributed by atoms with E-state index in [0.717, 1.165) is 6.92 Å². The third kappa shape index (κ3) is 5.24. The SMILES string of the molecule is CC(=O)NC(CS(=O)(=O)Cc1ccccc1C#N)C(=O)O. The van der Waals surface area contributed by atoms with Crippen LogP contribution in [0.1, 0.15) is 18.1 Å². The van der Waals surface area contributed by atoms with Gasteiger partial charge in [-0.25, -0.2) is 13.2 Å². The molecule has 0 bridgehead atoms. The summed E-state index contributed by atoms with van der Waals surface area (Å²) >= 11 is 0. The van der Waals surface area contributed by atoms with Gasteiger partial charge >= 0.3 is 5.97 Å². The van der Waals surface area contributed by atoms with Crippen LogP contribution in [0.5, 0.6) is 0 Å². The second-order valence-electron chi connectivity index (χ2n) is 4.41. The van der Waals surface area contributed by atoms with Crippen LogP contribution in [0.3, 0.4) is 0 Å². The lowest BCUT2D eigenvalue weighted by molar-refractivity contribution is -0.140. The summed E-state index contributed by atoms with van der Waals surface area (Å²) in [7, 11) is -3.80. The molecule has 2 N–H and O–H groups in total. The highest BCUT2D eigenvalue weighted by Crippen LogP contribution is 2.13. The molecule has 1 rings (SSSR count). The Morgan fingerprint density at radius 3 is 2.52 bits per heavy atom. The Hall–Kier alpha value is -2.40. The number of hydrogen-bond acceptors (Lipinski definition) is 5. The second kappa shape index (κ2) is 6.85. The molecule has 0 aliphatic carbocycles. The van der Waals surface area contributed by atoms with E-state index in [4.69, 9.17) is 10.4 Å². The molecule has 0 radical (unpaired) electrons. The maximum absolute atomic E-state index is 12.0. The van der Waals surface area contributed by atoms with Crippen molar-refractivity contribution in [3.05, 3.63) is 35.4 Å². The van der Waals surface area contributed by atoms with Crippen LogP contribution in [-0.4, -0.2) is 37.2 Å². The van der Waals surface area contributed by atoms with E-state index in [0.29, 0.717) is 5.56 Å². The molecule has 21 heavy (non-hydrogen) atoms. The van der Waals surface area contributed by atoms with Crippen molar-refractivity contribution in [2.45, 2.75) is 18.7 Å². The lowest BCUT2D eigenvalue weighted by Gasteiger charge is -2.13. The fourth-order valence-electron chi connectivity index (χ4n) is 1.73. The molecule has 0 saturated carbocycles. The predicted molar refractivity (Wildman–Crippen MR) is 73.9 cm³/mol. The number of hydrogen-bond donors (Lipinski definition) is 2. The van der Waals surface area contributed by atoms with Gasteiger partial charge in [0.25, 0.3) is 0 Å². The molecule has 0 heterocycles. The Balaban J connectivity index is 2.93. The van der Waals surface area contributed by atoms with Crippen molar-refractivity contribution in [3.63, 3.8) is 0 Å². The first-order chi connectivity index (χ1) is 9.75. The zero-order chi connectivity index (χ0) is 16.0. The van der Waals surface area contributed by atoms with Gasteiger partial charge in [-0.05, 0) is 11.6 Å². The van der Waals surface area contributed by atoms with Gasteiger partial charge in [0.1, 0.15) is 6.04 Å². The van der Waals surface area contributed by atoms with Crippen LogP contribution in [0.15, 0.2) is 24.3 Å². The number of carbonyl (C=O) groups is 2. The highest BCUT2D eigenvalue weighted by atomic mass is 32.2.